The third kappa shape index (κ3) is 2.46. The van der Waals surface area contributed by atoms with E-state index >= 15 is 0 Å². The van der Waals surface area contributed by atoms with Gasteiger partial charge in [0.1, 0.15) is 5.82 Å². The van der Waals surface area contributed by atoms with E-state index in [9.17, 15) is 4.39 Å². The molecule has 1 aromatic rings. The predicted octanol–water partition coefficient (Wildman–Crippen LogP) is 2.94. The van der Waals surface area contributed by atoms with Crippen molar-refractivity contribution in [1.29, 1.82) is 0 Å². The van der Waals surface area contributed by atoms with Gasteiger partial charge >= 0.3 is 0 Å². The number of aryl methyl sites for hydroxylation is 1. The van der Waals surface area contributed by atoms with Gasteiger partial charge in [0.05, 0.1) is 5.69 Å². The van der Waals surface area contributed by atoms with Crippen LogP contribution in [-0.4, -0.2) is 24.6 Å². The average molecular weight is 225 g/mol. The number of hydrogen-bond donors (Lipinski definition) is 0. The van der Waals surface area contributed by atoms with E-state index in [2.05, 4.69) is 4.90 Å². The Hall–Kier alpha value is -0.700. The average Bonchev–Trinajstić information content (AvgIpc) is 2.30. The molecule has 3 heteroatoms. The zero-order valence-corrected chi connectivity index (χ0v) is 9.82. The minimum absolute atomic E-state index is 0.0683. The number of halogens is 1. The summed E-state index contributed by atoms with van der Waals surface area (Å²) in [7, 11) is 0. The van der Waals surface area contributed by atoms with Crippen molar-refractivity contribution < 1.29 is 4.39 Å². The summed E-state index contributed by atoms with van der Waals surface area (Å²) in [6.07, 6.45) is 0.896. The Bertz CT molecular complexity index is 334. The molecule has 1 nitrogen and oxygen atoms in total. The van der Waals surface area contributed by atoms with E-state index in [1.165, 1.54) is 0 Å². The highest BCUT2D eigenvalue weighted by Crippen LogP contribution is 2.23. The molecule has 1 aromatic carbocycles. The van der Waals surface area contributed by atoms with Crippen molar-refractivity contribution in [2.75, 3.05) is 29.5 Å². The van der Waals surface area contributed by atoms with Crippen LogP contribution in [-0.2, 0) is 6.42 Å². The minimum atomic E-state index is -0.0683. The molecule has 0 aliphatic carbocycles. The highest BCUT2D eigenvalue weighted by Gasteiger charge is 2.14. The van der Waals surface area contributed by atoms with Gasteiger partial charge in [-0.15, -0.1) is 0 Å². The minimum Gasteiger partial charge on any atom is -0.368 e. The van der Waals surface area contributed by atoms with Gasteiger partial charge in [-0.25, -0.2) is 4.39 Å². The molecule has 1 aliphatic rings. The fourth-order valence-corrected chi connectivity index (χ4v) is 2.73. The normalized spacial score (nSPS) is 16.8. The fourth-order valence-electron chi connectivity index (χ4n) is 1.83. The van der Waals surface area contributed by atoms with Crippen molar-refractivity contribution in [2.24, 2.45) is 0 Å². The van der Waals surface area contributed by atoms with Gasteiger partial charge in [0.2, 0.25) is 0 Å². The molecule has 0 N–H and O–H groups in total. The quantitative estimate of drug-likeness (QED) is 0.761. The third-order valence-electron chi connectivity index (χ3n) is 2.77. The van der Waals surface area contributed by atoms with Crippen LogP contribution in [0.1, 0.15) is 12.5 Å². The van der Waals surface area contributed by atoms with Crippen LogP contribution < -0.4 is 4.90 Å². The Kier molecular flexibility index (Phi) is 3.52. The molecule has 0 spiro atoms. The summed E-state index contributed by atoms with van der Waals surface area (Å²) in [5.41, 5.74) is 1.84. The zero-order valence-electron chi connectivity index (χ0n) is 9.00. The Balaban J connectivity index is 2.19. The number of thioether (sulfide) groups is 1. The van der Waals surface area contributed by atoms with Crippen molar-refractivity contribution in [2.45, 2.75) is 13.3 Å². The molecule has 1 fully saturated rings. The number of anilines is 1. The van der Waals surface area contributed by atoms with Crippen LogP contribution in [0.15, 0.2) is 18.2 Å². The van der Waals surface area contributed by atoms with Crippen LogP contribution in [0, 0.1) is 5.82 Å². The van der Waals surface area contributed by atoms with E-state index in [1.807, 2.05) is 30.8 Å². The van der Waals surface area contributed by atoms with Crippen molar-refractivity contribution in [3.05, 3.63) is 29.6 Å². The first-order valence-corrected chi connectivity index (χ1v) is 6.58. The molecule has 1 saturated heterocycles. The van der Waals surface area contributed by atoms with Gasteiger partial charge in [0.25, 0.3) is 0 Å². The molecule has 0 amide bonds. The monoisotopic (exact) mass is 225 g/mol. The summed E-state index contributed by atoms with van der Waals surface area (Å²) in [6.45, 7) is 3.98. The van der Waals surface area contributed by atoms with Gasteiger partial charge < -0.3 is 4.90 Å². The molecule has 15 heavy (non-hydrogen) atoms. The number of rotatable bonds is 2. The van der Waals surface area contributed by atoms with Gasteiger partial charge in [-0.05, 0) is 24.1 Å². The Morgan fingerprint density at radius 1 is 1.33 bits per heavy atom. The summed E-state index contributed by atoms with van der Waals surface area (Å²) < 4.78 is 13.8. The third-order valence-corrected chi connectivity index (χ3v) is 3.71. The second-order valence-corrected chi connectivity index (χ2v) is 4.96. The molecule has 0 bridgehead atoms. The summed E-state index contributed by atoms with van der Waals surface area (Å²) >= 11 is 1.94. The molecule has 1 aliphatic heterocycles. The van der Waals surface area contributed by atoms with E-state index in [1.54, 1.807) is 6.07 Å². The molecule has 0 atom stereocenters. The van der Waals surface area contributed by atoms with E-state index in [0.717, 1.165) is 42.3 Å². The second-order valence-electron chi connectivity index (χ2n) is 3.74. The number of nitrogens with zero attached hydrogens (tertiary/aromatic N) is 1. The molecule has 2 rings (SSSR count). The number of benzene rings is 1. The maximum Gasteiger partial charge on any atom is 0.146 e. The lowest BCUT2D eigenvalue weighted by Crippen LogP contribution is -2.33. The molecule has 0 aromatic heterocycles. The van der Waals surface area contributed by atoms with E-state index < -0.39 is 0 Å². The molecule has 0 unspecified atom stereocenters. The lowest BCUT2D eigenvalue weighted by atomic mass is 10.1. The van der Waals surface area contributed by atoms with E-state index in [4.69, 9.17) is 0 Å². The topological polar surface area (TPSA) is 3.24 Å². The Labute approximate surface area is 94.7 Å². The first-order chi connectivity index (χ1) is 7.31. The van der Waals surface area contributed by atoms with E-state index in [-0.39, 0.29) is 5.82 Å². The fraction of sp³-hybridized carbons (Fsp3) is 0.500. The lowest BCUT2D eigenvalue weighted by Gasteiger charge is -2.28. The first-order valence-electron chi connectivity index (χ1n) is 5.42. The van der Waals surface area contributed by atoms with Crippen molar-refractivity contribution in [3.8, 4) is 0 Å². The van der Waals surface area contributed by atoms with Gasteiger partial charge in [-0.1, -0.05) is 13.0 Å². The van der Waals surface area contributed by atoms with Crippen LogP contribution in [0.5, 0.6) is 0 Å². The molecule has 0 radical (unpaired) electrons. The summed E-state index contributed by atoms with van der Waals surface area (Å²) in [4.78, 5) is 2.14. The largest absolute Gasteiger partial charge is 0.368 e. The van der Waals surface area contributed by atoms with Gasteiger partial charge in [-0.2, -0.15) is 11.8 Å². The van der Waals surface area contributed by atoms with Crippen LogP contribution >= 0.6 is 11.8 Å². The highest BCUT2D eigenvalue weighted by molar-refractivity contribution is 7.99. The SMILES string of the molecule is CCc1ccc(N2CCSCC2)c(F)c1. The number of hydrogen-bond acceptors (Lipinski definition) is 2. The van der Waals surface area contributed by atoms with Crippen molar-refractivity contribution in [3.63, 3.8) is 0 Å². The van der Waals surface area contributed by atoms with Crippen molar-refractivity contribution >= 4 is 17.4 Å². The summed E-state index contributed by atoms with van der Waals surface area (Å²) in [5.74, 6) is 2.14. The molecular formula is C12H16FNS. The van der Waals surface area contributed by atoms with Gasteiger partial charge in [-0.3, -0.25) is 0 Å². The summed E-state index contributed by atoms with van der Waals surface area (Å²) in [5, 5.41) is 0. The van der Waals surface area contributed by atoms with Crippen LogP contribution in [0.3, 0.4) is 0 Å². The smallest absolute Gasteiger partial charge is 0.146 e. The lowest BCUT2D eigenvalue weighted by molar-refractivity contribution is 0.618. The Morgan fingerprint density at radius 2 is 2.07 bits per heavy atom. The van der Waals surface area contributed by atoms with Crippen LogP contribution in [0.4, 0.5) is 10.1 Å². The summed E-state index contributed by atoms with van der Waals surface area (Å²) in [6, 6.07) is 5.61. The molecular weight excluding hydrogens is 209 g/mol. The van der Waals surface area contributed by atoms with Gasteiger partial charge in [0.15, 0.2) is 0 Å². The molecule has 1 heterocycles. The molecule has 82 valence electrons. The zero-order chi connectivity index (χ0) is 10.7. The highest BCUT2D eigenvalue weighted by atomic mass is 32.2. The maximum absolute atomic E-state index is 13.8. The molecule has 0 saturated carbocycles. The predicted molar refractivity (Wildman–Crippen MR) is 65.3 cm³/mol. The standard InChI is InChI=1S/C12H16FNS/c1-2-10-3-4-12(11(13)9-10)14-5-7-15-8-6-14/h3-4,9H,2,5-8H2,1H3. The maximum atomic E-state index is 13.8. The van der Waals surface area contributed by atoms with E-state index in [0.29, 0.717) is 0 Å². The second kappa shape index (κ2) is 4.88. The Morgan fingerprint density at radius 3 is 2.67 bits per heavy atom. The van der Waals surface area contributed by atoms with Crippen LogP contribution in [0.2, 0.25) is 0 Å². The van der Waals surface area contributed by atoms with Crippen molar-refractivity contribution in [1.82, 2.24) is 0 Å². The van der Waals surface area contributed by atoms with Crippen LogP contribution in [0.25, 0.3) is 0 Å². The van der Waals surface area contributed by atoms with Gasteiger partial charge in [0, 0.05) is 24.6 Å². The first kappa shape index (κ1) is 10.8.